The van der Waals surface area contributed by atoms with Crippen molar-refractivity contribution in [3.63, 3.8) is 0 Å². The smallest absolute Gasteiger partial charge is 0.410 e. The lowest BCUT2D eigenvalue weighted by atomic mass is 9.85. The number of hydrogen-bond acceptors (Lipinski definition) is 8. The summed E-state index contributed by atoms with van der Waals surface area (Å²) in [4.78, 5) is 54.7. The first-order valence-electron chi connectivity index (χ1n) is 18.0. The largest absolute Gasteiger partial charge is 0.481 e. The molecule has 2 unspecified atom stereocenters. The number of ether oxygens (including phenoxy) is 3. The molecule has 2 aromatic carbocycles. The van der Waals surface area contributed by atoms with Gasteiger partial charge < -0.3 is 34.4 Å². The molecule has 2 amide bonds. The molecule has 0 radical (unpaired) electrons. The summed E-state index contributed by atoms with van der Waals surface area (Å²) in [6.07, 6.45) is 1.26. The molecule has 0 aromatic heterocycles. The topological polar surface area (TPSA) is 135 Å². The third kappa shape index (κ3) is 12.2. The first-order valence-corrected chi connectivity index (χ1v) is 18.0. The van der Waals surface area contributed by atoms with Gasteiger partial charge in [-0.3, -0.25) is 9.59 Å². The fraction of sp³-hybridized carbons (Fsp3) is 0.600. The number of carbonyl (C=O) groups is 4. The standard InChI is InChI=1S/C40H57N3O8/c1-38(2,3)49-35(46)33(29-17-19-43(25-29)37(48)51-40(7,8)9)23-27-13-11-15-31(21-27)41-30-14-10-12-26(20-30)22-32(34(44)45)28-16-18-42(24-28)36(47)50-39(4,5)6/h10-15,20-21,28-29,32-33,41H,16-19,22-25H2,1-9H3,(H,44,45)/t28-,29-,32?,33?/m0/s1. The van der Waals surface area contributed by atoms with Crippen LogP contribution in [0.3, 0.4) is 0 Å². The molecule has 11 heteroatoms. The van der Waals surface area contributed by atoms with Gasteiger partial charge in [0.05, 0.1) is 11.8 Å². The Morgan fingerprint density at radius 3 is 1.51 bits per heavy atom. The quantitative estimate of drug-likeness (QED) is 0.188. The molecule has 0 spiro atoms. The molecule has 4 rings (SSSR count). The zero-order chi connectivity index (χ0) is 37.7. The molecular formula is C40H57N3O8. The minimum Gasteiger partial charge on any atom is -0.481 e. The maximum absolute atomic E-state index is 13.6. The van der Waals surface area contributed by atoms with Crippen LogP contribution in [-0.4, -0.2) is 82.0 Å². The van der Waals surface area contributed by atoms with Crippen LogP contribution in [0.2, 0.25) is 0 Å². The van der Waals surface area contributed by atoms with Crippen molar-refractivity contribution in [1.82, 2.24) is 9.80 Å². The van der Waals surface area contributed by atoms with Gasteiger partial charge in [0.25, 0.3) is 0 Å². The second-order valence-electron chi connectivity index (χ2n) is 17.0. The second kappa shape index (κ2) is 15.9. The molecule has 4 atom stereocenters. The third-order valence-electron chi connectivity index (χ3n) is 8.97. The van der Waals surface area contributed by atoms with Crippen LogP contribution in [0.5, 0.6) is 0 Å². The van der Waals surface area contributed by atoms with Gasteiger partial charge >= 0.3 is 24.1 Å². The highest BCUT2D eigenvalue weighted by molar-refractivity contribution is 5.75. The number of esters is 1. The summed E-state index contributed by atoms with van der Waals surface area (Å²) >= 11 is 0. The monoisotopic (exact) mass is 707 g/mol. The van der Waals surface area contributed by atoms with E-state index < -0.39 is 40.7 Å². The van der Waals surface area contributed by atoms with Crippen molar-refractivity contribution in [1.29, 1.82) is 0 Å². The average Bonchev–Trinajstić information content (AvgIpc) is 3.67. The number of nitrogens with one attached hydrogen (secondary N) is 1. The minimum atomic E-state index is -0.881. The summed E-state index contributed by atoms with van der Waals surface area (Å²) in [5, 5.41) is 13.6. The van der Waals surface area contributed by atoms with E-state index in [1.54, 1.807) is 9.80 Å². The van der Waals surface area contributed by atoms with E-state index in [0.29, 0.717) is 51.9 Å². The number of rotatable bonds is 10. The zero-order valence-corrected chi connectivity index (χ0v) is 31.8. The van der Waals surface area contributed by atoms with Crippen molar-refractivity contribution >= 4 is 35.5 Å². The molecule has 0 bridgehead atoms. The fourth-order valence-corrected chi connectivity index (χ4v) is 6.72. The number of likely N-dealkylation sites (tertiary alicyclic amines) is 2. The van der Waals surface area contributed by atoms with Crippen LogP contribution >= 0.6 is 0 Å². The molecule has 2 aliphatic rings. The van der Waals surface area contributed by atoms with Gasteiger partial charge in [-0.25, -0.2) is 9.59 Å². The predicted molar refractivity (Wildman–Crippen MR) is 196 cm³/mol. The maximum atomic E-state index is 13.6. The van der Waals surface area contributed by atoms with Gasteiger partial charge in [-0.15, -0.1) is 0 Å². The number of benzene rings is 2. The lowest BCUT2D eigenvalue weighted by molar-refractivity contribution is -0.162. The van der Waals surface area contributed by atoms with E-state index in [9.17, 15) is 24.3 Å². The lowest BCUT2D eigenvalue weighted by Crippen LogP contribution is -2.38. The molecule has 2 heterocycles. The summed E-state index contributed by atoms with van der Waals surface area (Å²) in [7, 11) is 0. The number of anilines is 2. The number of carboxylic acid groups (broad SMARTS) is 1. The Labute approximate surface area is 303 Å². The van der Waals surface area contributed by atoms with Gasteiger partial charge in [-0.05, 0) is 135 Å². The van der Waals surface area contributed by atoms with Crippen molar-refractivity contribution in [3.05, 3.63) is 59.7 Å². The molecule has 0 saturated carbocycles. The molecular weight excluding hydrogens is 650 g/mol. The van der Waals surface area contributed by atoms with Gasteiger partial charge in [0.1, 0.15) is 16.8 Å². The first kappa shape index (κ1) is 39.5. The van der Waals surface area contributed by atoms with Gasteiger partial charge in [0, 0.05) is 37.6 Å². The van der Waals surface area contributed by atoms with Crippen LogP contribution in [0, 0.1) is 23.7 Å². The fourth-order valence-electron chi connectivity index (χ4n) is 6.72. The molecule has 51 heavy (non-hydrogen) atoms. The van der Waals surface area contributed by atoms with Crippen LogP contribution in [0.15, 0.2) is 48.5 Å². The molecule has 0 aliphatic carbocycles. The van der Waals surface area contributed by atoms with Gasteiger partial charge in [-0.1, -0.05) is 24.3 Å². The molecule has 2 aromatic rings. The van der Waals surface area contributed by atoms with E-state index in [4.69, 9.17) is 14.2 Å². The molecule has 11 nitrogen and oxygen atoms in total. The molecule has 2 saturated heterocycles. The van der Waals surface area contributed by atoms with Gasteiger partial charge in [0.2, 0.25) is 0 Å². The highest BCUT2D eigenvalue weighted by Gasteiger charge is 2.40. The van der Waals surface area contributed by atoms with Gasteiger partial charge in [0.15, 0.2) is 0 Å². The Morgan fingerprint density at radius 2 is 1.10 bits per heavy atom. The van der Waals surface area contributed by atoms with Crippen LogP contribution in [0.1, 0.15) is 86.3 Å². The third-order valence-corrected chi connectivity index (χ3v) is 8.97. The number of amides is 2. The van der Waals surface area contributed by atoms with E-state index in [1.165, 1.54) is 0 Å². The molecule has 280 valence electrons. The maximum Gasteiger partial charge on any atom is 0.410 e. The van der Waals surface area contributed by atoms with Crippen molar-refractivity contribution in [2.45, 2.75) is 105 Å². The summed E-state index contributed by atoms with van der Waals surface area (Å²) in [6, 6.07) is 15.6. The highest BCUT2D eigenvalue weighted by atomic mass is 16.6. The van der Waals surface area contributed by atoms with Crippen LogP contribution < -0.4 is 5.32 Å². The summed E-state index contributed by atoms with van der Waals surface area (Å²) in [5.74, 6) is -2.54. The van der Waals surface area contributed by atoms with Crippen molar-refractivity contribution in [3.8, 4) is 0 Å². The Kier molecular flexibility index (Phi) is 12.4. The Bertz CT molecular complexity index is 1550. The van der Waals surface area contributed by atoms with E-state index in [1.807, 2.05) is 111 Å². The molecule has 2 N–H and O–H groups in total. The molecule has 2 fully saturated rings. The lowest BCUT2D eigenvalue weighted by Gasteiger charge is -2.28. The predicted octanol–water partition coefficient (Wildman–Crippen LogP) is 7.69. The SMILES string of the molecule is CC(C)(C)OC(=O)C(Cc1cccc(Nc2cccc(CC(C(=O)O)[C@H]3CCN(C(=O)OC(C)(C)C)C3)c2)c1)[C@H]1CCN(C(=O)OC(C)(C)C)C1. The van der Waals surface area contributed by atoms with Crippen LogP contribution in [0.4, 0.5) is 21.0 Å². The minimum absolute atomic E-state index is 0.0843. The van der Waals surface area contributed by atoms with E-state index in [0.717, 1.165) is 22.5 Å². The number of hydrogen-bond donors (Lipinski definition) is 2. The molecule has 2 aliphatic heterocycles. The Hall–Kier alpha value is -4.28. The van der Waals surface area contributed by atoms with Crippen molar-refractivity contribution in [2.24, 2.45) is 23.7 Å². The van der Waals surface area contributed by atoms with Gasteiger partial charge in [-0.2, -0.15) is 0 Å². The van der Waals surface area contributed by atoms with Crippen molar-refractivity contribution < 1.29 is 38.5 Å². The van der Waals surface area contributed by atoms with E-state index >= 15 is 0 Å². The summed E-state index contributed by atoms with van der Waals surface area (Å²) < 4.78 is 17.0. The zero-order valence-electron chi connectivity index (χ0n) is 31.8. The Morgan fingerprint density at radius 1 is 0.686 bits per heavy atom. The number of carboxylic acids is 1. The van der Waals surface area contributed by atoms with E-state index in [-0.39, 0.29) is 23.9 Å². The second-order valence-corrected chi connectivity index (χ2v) is 17.0. The number of carbonyl (C=O) groups excluding carboxylic acids is 3. The van der Waals surface area contributed by atoms with Crippen LogP contribution in [-0.2, 0) is 36.6 Å². The summed E-state index contributed by atoms with van der Waals surface area (Å²) in [6.45, 7) is 18.3. The van der Waals surface area contributed by atoms with Crippen molar-refractivity contribution in [2.75, 3.05) is 31.5 Å². The number of nitrogens with zero attached hydrogens (tertiary/aromatic N) is 2. The number of aliphatic carboxylic acids is 1. The Balaban J connectivity index is 1.44. The normalized spacial score (nSPS) is 19.3. The average molecular weight is 708 g/mol. The van der Waals surface area contributed by atoms with E-state index in [2.05, 4.69) is 5.32 Å². The summed E-state index contributed by atoms with van der Waals surface area (Å²) in [5.41, 5.74) is 1.59. The first-order chi connectivity index (χ1) is 23.7. The van der Waals surface area contributed by atoms with Crippen LogP contribution in [0.25, 0.3) is 0 Å². The highest BCUT2D eigenvalue weighted by Crippen LogP contribution is 2.33.